The van der Waals surface area contributed by atoms with Crippen LogP contribution in [0.15, 0.2) is 53.6 Å². The molecule has 0 bridgehead atoms. The molecular formula is C22H27N3O4. The Bertz CT molecular complexity index is 878. The Morgan fingerprint density at radius 1 is 1.03 bits per heavy atom. The fourth-order valence-electron chi connectivity index (χ4n) is 2.61. The number of benzene rings is 2. The fraction of sp³-hybridized carbons (Fsp3) is 0.318. The maximum atomic E-state index is 12.3. The van der Waals surface area contributed by atoms with Gasteiger partial charge in [-0.2, -0.15) is 5.10 Å². The zero-order valence-corrected chi connectivity index (χ0v) is 17.2. The average molecular weight is 397 g/mol. The summed E-state index contributed by atoms with van der Waals surface area (Å²) in [6, 6.07) is 14.6. The number of amides is 2. The minimum atomic E-state index is -0.419. The second-order valence-corrected chi connectivity index (χ2v) is 6.82. The lowest BCUT2D eigenvalue weighted by Gasteiger charge is -2.13. The third-order valence-electron chi connectivity index (χ3n) is 4.06. The predicted molar refractivity (Wildman–Crippen MR) is 114 cm³/mol. The van der Waals surface area contributed by atoms with Gasteiger partial charge in [0.2, 0.25) is 5.91 Å². The summed E-state index contributed by atoms with van der Waals surface area (Å²) < 4.78 is 10.5. The van der Waals surface area contributed by atoms with E-state index in [1.807, 2.05) is 24.3 Å². The number of nitrogens with one attached hydrogen (secondary N) is 2. The number of nitrogens with zero attached hydrogens (tertiary/aromatic N) is 1. The molecule has 2 aromatic rings. The van der Waals surface area contributed by atoms with Crippen molar-refractivity contribution in [3.05, 3.63) is 54.1 Å². The van der Waals surface area contributed by atoms with Gasteiger partial charge in [-0.25, -0.2) is 5.43 Å². The molecule has 0 spiro atoms. The van der Waals surface area contributed by atoms with Crippen molar-refractivity contribution in [3.8, 4) is 11.5 Å². The summed E-state index contributed by atoms with van der Waals surface area (Å²) in [6.45, 7) is 5.62. The summed E-state index contributed by atoms with van der Waals surface area (Å²) in [4.78, 5) is 24.2. The standard InChI is InChI=1S/C22H27N3O4/c1-15(2)19-10-5-6-11-20(19)23-21(26)12-16(3)24-25-22(27)14-29-18-9-7-8-17(13-18)28-4/h5-11,13,15H,12,14H2,1-4H3,(H,23,26)(H,25,27)/b24-16+. The number of carbonyl (C=O) groups excluding carboxylic acids is 2. The van der Waals surface area contributed by atoms with Gasteiger partial charge in [0.25, 0.3) is 5.91 Å². The van der Waals surface area contributed by atoms with E-state index in [1.54, 1.807) is 38.3 Å². The maximum Gasteiger partial charge on any atom is 0.277 e. The topological polar surface area (TPSA) is 89.0 Å². The number of anilines is 1. The first-order chi connectivity index (χ1) is 13.9. The Balaban J connectivity index is 1.81. The highest BCUT2D eigenvalue weighted by Gasteiger charge is 2.10. The van der Waals surface area contributed by atoms with Crippen molar-refractivity contribution in [2.45, 2.75) is 33.1 Å². The van der Waals surface area contributed by atoms with E-state index in [4.69, 9.17) is 9.47 Å². The highest BCUT2D eigenvalue weighted by molar-refractivity contribution is 6.06. The first kappa shape index (κ1) is 21.9. The van der Waals surface area contributed by atoms with Crippen LogP contribution in [0.3, 0.4) is 0 Å². The lowest BCUT2D eigenvalue weighted by Crippen LogP contribution is -2.26. The minimum absolute atomic E-state index is 0.0729. The normalized spacial score (nSPS) is 11.1. The van der Waals surface area contributed by atoms with E-state index in [-0.39, 0.29) is 18.9 Å². The van der Waals surface area contributed by atoms with E-state index in [0.717, 1.165) is 11.3 Å². The first-order valence-corrected chi connectivity index (χ1v) is 9.36. The number of para-hydroxylation sites is 1. The molecule has 29 heavy (non-hydrogen) atoms. The van der Waals surface area contributed by atoms with Crippen molar-refractivity contribution in [1.29, 1.82) is 0 Å². The molecule has 0 aliphatic heterocycles. The predicted octanol–water partition coefficient (Wildman–Crippen LogP) is 3.72. The van der Waals surface area contributed by atoms with Crippen molar-refractivity contribution in [2.24, 2.45) is 5.10 Å². The average Bonchev–Trinajstić information content (AvgIpc) is 2.71. The highest BCUT2D eigenvalue weighted by atomic mass is 16.5. The van der Waals surface area contributed by atoms with Crippen molar-refractivity contribution < 1.29 is 19.1 Å². The quantitative estimate of drug-likeness (QED) is 0.499. The molecule has 0 radical (unpaired) electrons. The molecule has 2 rings (SSSR count). The smallest absolute Gasteiger partial charge is 0.277 e. The molecular weight excluding hydrogens is 370 g/mol. The van der Waals surface area contributed by atoms with Crippen LogP contribution in [0, 0.1) is 0 Å². The minimum Gasteiger partial charge on any atom is -0.497 e. The first-order valence-electron chi connectivity index (χ1n) is 9.36. The second-order valence-electron chi connectivity index (χ2n) is 6.82. The van der Waals surface area contributed by atoms with Crippen molar-refractivity contribution in [3.63, 3.8) is 0 Å². The number of ether oxygens (including phenoxy) is 2. The summed E-state index contributed by atoms with van der Waals surface area (Å²) in [5, 5.41) is 6.86. The Hall–Kier alpha value is -3.35. The summed E-state index contributed by atoms with van der Waals surface area (Å²) in [5.74, 6) is 0.842. The highest BCUT2D eigenvalue weighted by Crippen LogP contribution is 2.23. The Kier molecular flexibility index (Phi) is 8.21. The number of hydrogen-bond acceptors (Lipinski definition) is 5. The number of carbonyl (C=O) groups is 2. The van der Waals surface area contributed by atoms with Gasteiger partial charge in [-0.3, -0.25) is 9.59 Å². The Labute approximate surface area is 171 Å². The fourth-order valence-corrected chi connectivity index (χ4v) is 2.61. The van der Waals surface area contributed by atoms with Gasteiger partial charge in [0, 0.05) is 17.5 Å². The molecule has 7 heteroatoms. The molecule has 0 saturated carbocycles. The SMILES string of the molecule is COc1cccc(OCC(=O)N/N=C(\C)CC(=O)Nc2ccccc2C(C)C)c1. The van der Waals surface area contributed by atoms with E-state index in [9.17, 15) is 9.59 Å². The van der Waals surface area contributed by atoms with Gasteiger partial charge in [-0.15, -0.1) is 0 Å². The van der Waals surface area contributed by atoms with E-state index in [2.05, 4.69) is 29.7 Å². The van der Waals surface area contributed by atoms with Crippen molar-refractivity contribution in [2.75, 3.05) is 19.0 Å². The van der Waals surface area contributed by atoms with Crippen LogP contribution in [0.2, 0.25) is 0 Å². The van der Waals surface area contributed by atoms with Gasteiger partial charge in [-0.05, 0) is 36.6 Å². The zero-order chi connectivity index (χ0) is 21.2. The van der Waals surface area contributed by atoms with Gasteiger partial charge < -0.3 is 14.8 Å². The summed E-state index contributed by atoms with van der Waals surface area (Å²) in [6.07, 6.45) is 0.0729. The van der Waals surface area contributed by atoms with Crippen LogP contribution in [0.4, 0.5) is 5.69 Å². The van der Waals surface area contributed by atoms with Gasteiger partial charge in [0.1, 0.15) is 11.5 Å². The van der Waals surface area contributed by atoms with Gasteiger partial charge in [-0.1, -0.05) is 38.1 Å². The lowest BCUT2D eigenvalue weighted by atomic mass is 10.0. The van der Waals surface area contributed by atoms with Crippen LogP contribution in [0.25, 0.3) is 0 Å². The zero-order valence-electron chi connectivity index (χ0n) is 17.2. The molecule has 0 heterocycles. The second kappa shape index (κ2) is 10.8. The molecule has 7 nitrogen and oxygen atoms in total. The molecule has 0 aliphatic carbocycles. The third kappa shape index (κ3) is 7.29. The van der Waals surface area contributed by atoms with Gasteiger partial charge >= 0.3 is 0 Å². The Morgan fingerprint density at radius 3 is 2.48 bits per heavy atom. The van der Waals surface area contributed by atoms with E-state index in [0.29, 0.717) is 23.1 Å². The van der Waals surface area contributed by atoms with Crippen molar-refractivity contribution in [1.82, 2.24) is 5.43 Å². The monoisotopic (exact) mass is 397 g/mol. The Morgan fingerprint density at radius 2 is 1.76 bits per heavy atom. The van der Waals surface area contributed by atoms with Crippen LogP contribution in [-0.2, 0) is 9.59 Å². The molecule has 0 aliphatic rings. The molecule has 154 valence electrons. The number of hydrazone groups is 1. The van der Waals surface area contributed by atoms with Gasteiger partial charge in [0.15, 0.2) is 6.61 Å². The number of hydrogen-bond donors (Lipinski definition) is 2. The number of rotatable bonds is 9. The van der Waals surface area contributed by atoms with Crippen LogP contribution >= 0.6 is 0 Å². The summed E-state index contributed by atoms with van der Waals surface area (Å²) >= 11 is 0. The largest absolute Gasteiger partial charge is 0.497 e. The van der Waals surface area contributed by atoms with Crippen LogP contribution < -0.4 is 20.2 Å². The summed E-state index contributed by atoms with van der Waals surface area (Å²) in [5.41, 5.74) is 4.73. The van der Waals surface area contributed by atoms with Crippen LogP contribution in [-0.4, -0.2) is 31.2 Å². The van der Waals surface area contributed by atoms with E-state index < -0.39 is 5.91 Å². The maximum absolute atomic E-state index is 12.3. The van der Waals surface area contributed by atoms with Crippen molar-refractivity contribution >= 4 is 23.2 Å². The lowest BCUT2D eigenvalue weighted by molar-refractivity contribution is -0.123. The van der Waals surface area contributed by atoms with E-state index in [1.165, 1.54) is 0 Å². The summed E-state index contributed by atoms with van der Waals surface area (Å²) in [7, 11) is 1.56. The molecule has 0 aromatic heterocycles. The van der Waals surface area contributed by atoms with Crippen LogP contribution in [0.5, 0.6) is 11.5 Å². The van der Waals surface area contributed by atoms with Crippen LogP contribution in [0.1, 0.15) is 38.7 Å². The molecule has 2 aromatic carbocycles. The number of methoxy groups -OCH3 is 1. The van der Waals surface area contributed by atoms with E-state index >= 15 is 0 Å². The molecule has 0 unspecified atom stereocenters. The molecule has 0 saturated heterocycles. The molecule has 2 N–H and O–H groups in total. The third-order valence-corrected chi connectivity index (χ3v) is 4.06. The van der Waals surface area contributed by atoms with Gasteiger partial charge in [0.05, 0.1) is 13.5 Å². The molecule has 0 atom stereocenters. The molecule has 0 fully saturated rings. The molecule has 2 amide bonds.